The zero-order chi connectivity index (χ0) is 12.1. The first-order chi connectivity index (χ1) is 7.56. The van der Waals surface area contributed by atoms with Gasteiger partial charge in [0.15, 0.2) is 0 Å². The van der Waals surface area contributed by atoms with E-state index in [1.807, 2.05) is 0 Å². The van der Waals surface area contributed by atoms with Crippen molar-refractivity contribution in [2.24, 2.45) is 11.7 Å². The van der Waals surface area contributed by atoms with E-state index < -0.39 is 0 Å². The molecule has 0 heterocycles. The Morgan fingerprint density at radius 1 is 1.19 bits per heavy atom. The fourth-order valence-corrected chi connectivity index (χ4v) is 2.35. The standard InChI is InChI=1S/C15H25N/c1-11(2)14(6-5-9-16)15-10-12(3)7-8-13(15)4/h7-8,10-11,14H,5-6,9,16H2,1-4H3. The molecule has 2 N–H and O–H groups in total. The van der Waals surface area contributed by atoms with Crippen LogP contribution in [0.2, 0.25) is 0 Å². The maximum Gasteiger partial charge on any atom is -0.00771 e. The van der Waals surface area contributed by atoms with Crippen molar-refractivity contribution in [1.82, 2.24) is 0 Å². The molecule has 1 heteroatoms. The zero-order valence-corrected chi connectivity index (χ0v) is 11.1. The predicted molar refractivity (Wildman–Crippen MR) is 71.8 cm³/mol. The van der Waals surface area contributed by atoms with Crippen molar-refractivity contribution in [2.75, 3.05) is 6.54 Å². The highest BCUT2D eigenvalue weighted by Crippen LogP contribution is 2.31. The van der Waals surface area contributed by atoms with E-state index in [9.17, 15) is 0 Å². The van der Waals surface area contributed by atoms with Gasteiger partial charge in [-0.2, -0.15) is 0 Å². The van der Waals surface area contributed by atoms with E-state index in [0.717, 1.165) is 13.0 Å². The molecule has 0 spiro atoms. The monoisotopic (exact) mass is 219 g/mol. The third-order valence-corrected chi connectivity index (χ3v) is 3.36. The highest BCUT2D eigenvalue weighted by Gasteiger charge is 2.17. The van der Waals surface area contributed by atoms with E-state index in [1.54, 1.807) is 0 Å². The average Bonchev–Trinajstić information content (AvgIpc) is 2.23. The molecule has 0 aromatic heterocycles. The van der Waals surface area contributed by atoms with Crippen LogP contribution in [0.1, 0.15) is 49.3 Å². The second-order valence-electron chi connectivity index (χ2n) is 5.14. The molecule has 0 fully saturated rings. The van der Waals surface area contributed by atoms with Crippen molar-refractivity contribution in [3.63, 3.8) is 0 Å². The van der Waals surface area contributed by atoms with Crippen LogP contribution in [0.4, 0.5) is 0 Å². The van der Waals surface area contributed by atoms with E-state index in [2.05, 4.69) is 45.9 Å². The van der Waals surface area contributed by atoms with Gasteiger partial charge in [-0.25, -0.2) is 0 Å². The molecule has 0 aliphatic carbocycles. The summed E-state index contributed by atoms with van der Waals surface area (Å²) in [6, 6.07) is 6.78. The molecule has 1 aromatic carbocycles. The number of aryl methyl sites for hydroxylation is 2. The third-order valence-electron chi connectivity index (χ3n) is 3.36. The molecule has 0 aliphatic rings. The summed E-state index contributed by atoms with van der Waals surface area (Å²) < 4.78 is 0. The Kier molecular flexibility index (Phi) is 5.01. The van der Waals surface area contributed by atoms with Crippen molar-refractivity contribution in [3.8, 4) is 0 Å². The summed E-state index contributed by atoms with van der Waals surface area (Å²) in [5.41, 5.74) is 9.92. The molecule has 1 atom stereocenters. The summed E-state index contributed by atoms with van der Waals surface area (Å²) in [4.78, 5) is 0. The van der Waals surface area contributed by atoms with Crippen LogP contribution in [0.3, 0.4) is 0 Å². The highest BCUT2D eigenvalue weighted by atomic mass is 14.5. The number of nitrogens with two attached hydrogens (primary N) is 1. The molecule has 0 radical (unpaired) electrons. The van der Waals surface area contributed by atoms with Crippen LogP contribution in [0, 0.1) is 19.8 Å². The van der Waals surface area contributed by atoms with Gasteiger partial charge in [0.05, 0.1) is 0 Å². The summed E-state index contributed by atoms with van der Waals surface area (Å²) in [7, 11) is 0. The lowest BCUT2D eigenvalue weighted by atomic mass is 9.82. The van der Waals surface area contributed by atoms with Gasteiger partial charge in [-0.05, 0) is 56.2 Å². The van der Waals surface area contributed by atoms with Crippen LogP contribution in [-0.2, 0) is 0 Å². The normalized spacial score (nSPS) is 13.1. The van der Waals surface area contributed by atoms with Crippen molar-refractivity contribution in [3.05, 3.63) is 34.9 Å². The molecule has 0 bridgehead atoms. The molecule has 0 amide bonds. The van der Waals surface area contributed by atoms with Crippen LogP contribution in [-0.4, -0.2) is 6.54 Å². The topological polar surface area (TPSA) is 26.0 Å². The quantitative estimate of drug-likeness (QED) is 0.801. The lowest BCUT2D eigenvalue weighted by Gasteiger charge is -2.23. The van der Waals surface area contributed by atoms with Crippen LogP contribution >= 0.6 is 0 Å². The Bertz CT molecular complexity index is 328. The Morgan fingerprint density at radius 3 is 2.44 bits per heavy atom. The number of benzene rings is 1. The molecule has 1 nitrogen and oxygen atoms in total. The second-order valence-corrected chi connectivity index (χ2v) is 5.14. The minimum atomic E-state index is 0.656. The first-order valence-electron chi connectivity index (χ1n) is 6.33. The molecular formula is C15H25N. The molecule has 90 valence electrons. The third kappa shape index (κ3) is 3.34. The zero-order valence-electron chi connectivity index (χ0n) is 11.1. The first-order valence-corrected chi connectivity index (χ1v) is 6.33. The molecule has 0 saturated carbocycles. The summed E-state index contributed by atoms with van der Waals surface area (Å²) >= 11 is 0. The first kappa shape index (κ1) is 13.2. The van der Waals surface area contributed by atoms with E-state index in [0.29, 0.717) is 11.8 Å². The fourth-order valence-electron chi connectivity index (χ4n) is 2.35. The lowest BCUT2D eigenvalue weighted by Crippen LogP contribution is -2.11. The van der Waals surface area contributed by atoms with Crippen molar-refractivity contribution >= 4 is 0 Å². The second kappa shape index (κ2) is 6.05. The Hall–Kier alpha value is -0.820. The molecule has 0 saturated heterocycles. The van der Waals surface area contributed by atoms with Gasteiger partial charge in [-0.1, -0.05) is 37.6 Å². The SMILES string of the molecule is Cc1ccc(C)c(C(CCCN)C(C)C)c1. The number of hydrogen-bond acceptors (Lipinski definition) is 1. The van der Waals surface area contributed by atoms with Gasteiger partial charge >= 0.3 is 0 Å². The van der Waals surface area contributed by atoms with Crippen LogP contribution < -0.4 is 5.73 Å². The maximum absolute atomic E-state index is 5.62. The minimum absolute atomic E-state index is 0.656. The molecule has 1 rings (SSSR count). The van der Waals surface area contributed by atoms with Gasteiger partial charge < -0.3 is 5.73 Å². The summed E-state index contributed by atoms with van der Waals surface area (Å²) in [6.45, 7) is 9.80. The average molecular weight is 219 g/mol. The van der Waals surface area contributed by atoms with E-state index in [4.69, 9.17) is 5.73 Å². The predicted octanol–water partition coefficient (Wildman–Crippen LogP) is 3.78. The van der Waals surface area contributed by atoms with Gasteiger partial charge in [-0.3, -0.25) is 0 Å². The molecular weight excluding hydrogens is 194 g/mol. The van der Waals surface area contributed by atoms with Gasteiger partial charge in [0, 0.05) is 0 Å². The van der Waals surface area contributed by atoms with Gasteiger partial charge in [0.2, 0.25) is 0 Å². The Balaban J connectivity index is 2.95. The smallest absolute Gasteiger partial charge is 0.00771 e. The summed E-state index contributed by atoms with van der Waals surface area (Å²) in [5, 5.41) is 0. The molecule has 0 aliphatic heterocycles. The maximum atomic E-state index is 5.62. The van der Waals surface area contributed by atoms with E-state index >= 15 is 0 Å². The number of hydrogen-bond donors (Lipinski definition) is 1. The lowest BCUT2D eigenvalue weighted by molar-refractivity contribution is 0.456. The van der Waals surface area contributed by atoms with Crippen molar-refractivity contribution in [2.45, 2.75) is 46.5 Å². The van der Waals surface area contributed by atoms with E-state index in [1.165, 1.54) is 23.1 Å². The summed E-state index contributed by atoms with van der Waals surface area (Å²) in [6.07, 6.45) is 2.33. The molecule has 1 aromatic rings. The minimum Gasteiger partial charge on any atom is -0.330 e. The van der Waals surface area contributed by atoms with Gasteiger partial charge in [-0.15, -0.1) is 0 Å². The van der Waals surface area contributed by atoms with Gasteiger partial charge in [0.1, 0.15) is 0 Å². The van der Waals surface area contributed by atoms with Crippen molar-refractivity contribution in [1.29, 1.82) is 0 Å². The van der Waals surface area contributed by atoms with Crippen molar-refractivity contribution < 1.29 is 0 Å². The van der Waals surface area contributed by atoms with Crippen LogP contribution in [0.15, 0.2) is 18.2 Å². The Labute approximate surface area is 100 Å². The van der Waals surface area contributed by atoms with Crippen LogP contribution in [0.25, 0.3) is 0 Å². The van der Waals surface area contributed by atoms with E-state index in [-0.39, 0.29) is 0 Å². The Morgan fingerprint density at radius 2 is 1.88 bits per heavy atom. The van der Waals surface area contributed by atoms with Crippen LogP contribution in [0.5, 0.6) is 0 Å². The fraction of sp³-hybridized carbons (Fsp3) is 0.600. The molecule has 16 heavy (non-hydrogen) atoms. The largest absolute Gasteiger partial charge is 0.330 e. The highest BCUT2D eigenvalue weighted by molar-refractivity contribution is 5.33. The van der Waals surface area contributed by atoms with Gasteiger partial charge in [0.25, 0.3) is 0 Å². The summed E-state index contributed by atoms with van der Waals surface area (Å²) in [5.74, 6) is 1.34. The molecule has 1 unspecified atom stereocenters. The number of rotatable bonds is 5.